The lowest BCUT2D eigenvalue weighted by Gasteiger charge is -2.29. The quantitative estimate of drug-likeness (QED) is 0.645. The van der Waals surface area contributed by atoms with E-state index in [-0.39, 0.29) is 11.7 Å². The predicted octanol–water partition coefficient (Wildman–Crippen LogP) is 2.90. The number of rotatable bonds is 4. The number of benzene rings is 1. The number of hydrogen-bond acceptors (Lipinski definition) is 4. The Balaban J connectivity index is 1.72. The Labute approximate surface area is 159 Å². The van der Waals surface area contributed by atoms with Crippen LogP contribution in [0, 0.1) is 6.92 Å². The fourth-order valence-corrected chi connectivity index (χ4v) is 3.41. The smallest absolute Gasteiger partial charge is 0.282 e. The number of nitrogens with zero attached hydrogens (tertiary/aromatic N) is 3. The number of fused-ring (bicyclic) bond motifs is 1. The van der Waals surface area contributed by atoms with Crippen molar-refractivity contribution >= 4 is 28.5 Å². The third kappa shape index (κ3) is 4.01. The fourth-order valence-electron chi connectivity index (χ4n) is 3.41. The van der Waals surface area contributed by atoms with E-state index in [1.807, 2.05) is 42.3 Å². The lowest BCUT2D eigenvalue weighted by Crippen LogP contribution is -2.37. The number of amides is 1. The third-order valence-electron chi connectivity index (χ3n) is 4.94. The van der Waals surface area contributed by atoms with E-state index in [0.717, 1.165) is 29.4 Å². The van der Waals surface area contributed by atoms with Gasteiger partial charge >= 0.3 is 0 Å². The van der Waals surface area contributed by atoms with Crippen LogP contribution in [0.25, 0.3) is 10.9 Å². The fraction of sp³-hybridized carbons (Fsp3) is 0.381. The van der Waals surface area contributed by atoms with E-state index in [1.54, 1.807) is 6.92 Å². The van der Waals surface area contributed by atoms with Crippen LogP contribution in [0.1, 0.15) is 42.1 Å². The van der Waals surface area contributed by atoms with Gasteiger partial charge in [0.2, 0.25) is 0 Å². The summed E-state index contributed by atoms with van der Waals surface area (Å²) < 4.78 is 0. The summed E-state index contributed by atoms with van der Waals surface area (Å²) in [6.45, 7) is 4.44. The molecule has 2 heterocycles. The first kappa shape index (κ1) is 17.7. The van der Waals surface area contributed by atoms with Gasteiger partial charge in [-0.1, -0.05) is 17.7 Å². The van der Waals surface area contributed by atoms with Gasteiger partial charge in [0.25, 0.3) is 5.91 Å². The minimum atomic E-state index is -0.354. The average molecular weight is 363 g/mol. The first-order valence-electron chi connectivity index (χ1n) is 9.47. The molecule has 2 aliphatic rings. The molecule has 1 unspecified atom stereocenters. The van der Waals surface area contributed by atoms with Gasteiger partial charge in [-0.3, -0.25) is 4.79 Å². The minimum absolute atomic E-state index is 0.248. The van der Waals surface area contributed by atoms with Crippen LogP contribution in [-0.4, -0.2) is 35.4 Å². The highest BCUT2D eigenvalue weighted by Gasteiger charge is 2.26. The molecule has 4 rings (SSSR count). The lowest BCUT2D eigenvalue weighted by molar-refractivity contribution is 0.100. The van der Waals surface area contributed by atoms with Crippen molar-refractivity contribution in [1.82, 2.24) is 10.3 Å². The van der Waals surface area contributed by atoms with Gasteiger partial charge in [0.15, 0.2) is 0 Å². The summed E-state index contributed by atoms with van der Waals surface area (Å²) in [5.41, 5.74) is 8.12. The van der Waals surface area contributed by atoms with Crippen molar-refractivity contribution in [2.45, 2.75) is 45.2 Å². The molecule has 1 aliphatic carbocycles. The van der Waals surface area contributed by atoms with Crippen molar-refractivity contribution in [1.29, 1.82) is 0 Å². The molecule has 0 radical (unpaired) electrons. The number of carbonyl (C=O) groups excluding carboxylic acids is 1. The zero-order valence-electron chi connectivity index (χ0n) is 15.8. The molecule has 6 nitrogen and oxygen atoms in total. The van der Waals surface area contributed by atoms with E-state index >= 15 is 0 Å². The van der Waals surface area contributed by atoms with Crippen molar-refractivity contribution < 1.29 is 4.79 Å². The molecule has 2 aromatic rings. The summed E-state index contributed by atoms with van der Waals surface area (Å²) in [5.74, 6) is 0.535. The van der Waals surface area contributed by atoms with Gasteiger partial charge in [0, 0.05) is 30.2 Å². The maximum atomic E-state index is 12.7. The summed E-state index contributed by atoms with van der Waals surface area (Å²) in [5, 5.41) is 4.56. The van der Waals surface area contributed by atoms with E-state index in [4.69, 9.17) is 10.7 Å². The number of amidine groups is 1. The highest BCUT2D eigenvalue weighted by molar-refractivity contribution is 6.07. The van der Waals surface area contributed by atoms with Crippen LogP contribution in [0.15, 0.2) is 41.5 Å². The molecule has 1 saturated carbocycles. The maximum absolute atomic E-state index is 12.7. The number of anilines is 1. The van der Waals surface area contributed by atoms with Crippen LogP contribution < -0.4 is 16.0 Å². The molecule has 3 N–H and O–H groups in total. The summed E-state index contributed by atoms with van der Waals surface area (Å²) >= 11 is 0. The Hall–Kier alpha value is -2.73. The number of aliphatic imine (C=N–C) groups is 1. The number of hydrogen-bond donors (Lipinski definition) is 2. The molecule has 140 valence electrons. The molecule has 1 aromatic heterocycles. The summed E-state index contributed by atoms with van der Waals surface area (Å²) in [7, 11) is 0. The Bertz CT molecular complexity index is 941. The zero-order chi connectivity index (χ0) is 19.0. The highest BCUT2D eigenvalue weighted by Crippen LogP contribution is 2.28. The van der Waals surface area contributed by atoms with Gasteiger partial charge in [0.05, 0.1) is 11.1 Å². The topological polar surface area (TPSA) is 83.6 Å². The first-order chi connectivity index (χ1) is 13.0. The predicted molar refractivity (Wildman–Crippen MR) is 109 cm³/mol. The van der Waals surface area contributed by atoms with Crippen LogP contribution in [0.5, 0.6) is 0 Å². The van der Waals surface area contributed by atoms with Gasteiger partial charge in [-0.2, -0.15) is 4.99 Å². The molecule has 27 heavy (non-hydrogen) atoms. The Morgan fingerprint density at radius 3 is 2.78 bits per heavy atom. The van der Waals surface area contributed by atoms with Crippen molar-refractivity contribution in [3.05, 3.63) is 47.7 Å². The molecule has 1 amide bonds. The summed E-state index contributed by atoms with van der Waals surface area (Å²) in [6, 6.07) is 8.99. The van der Waals surface area contributed by atoms with Gasteiger partial charge in [-0.25, -0.2) is 4.98 Å². The molecule has 6 heteroatoms. The number of carbonyl (C=O) groups is 1. The van der Waals surface area contributed by atoms with E-state index in [1.165, 1.54) is 12.8 Å². The Kier molecular flexibility index (Phi) is 4.66. The second-order valence-corrected chi connectivity index (χ2v) is 7.49. The molecule has 1 aromatic carbocycles. The molecular weight excluding hydrogens is 338 g/mol. The Morgan fingerprint density at radius 1 is 1.30 bits per heavy atom. The molecule has 1 atom stereocenters. The monoisotopic (exact) mass is 363 g/mol. The molecule has 0 bridgehead atoms. The summed E-state index contributed by atoms with van der Waals surface area (Å²) in [4.78, 5) is 23.5. The molecule has 0 spiro atoms. The van der Waals surface area contributed by atoms with Gasteiger partial charge in [-0.15, -0.1) is 0 Å². The zero-order valence-corrected chi connectivity index (χ0v) is 15.8. The second kappa shape index (κ2) is 7.12. The lowest BCUT2D eigenvalue weighted by atomic mass is 10.1. The first-order valence-corrected chi connectivity index (χ1v) is 9.47. The second-order valence-electron chi connectivity index (χ2n) is 7.49. The van der Waals surface area contributed by atoms with Gasteiger partial charge in [-0.05, 0) is 51.3 Å². The van der Waals surface area contributed by atoms with Crippen LogP contribution in [-0.2, 0) is 0 Å². The van der Waals surface area contributed by atoms with Gasteiger partial charge in [0.1, 0.15) is 11.7 Å². The molecule has 0 saturated heterocycles. The van der Waals surface area contributed by atoms with E-state index < -0.39 is 0 Å². The summed E-state index contributed by atoms with van der Waals surface area (Å²) in [6.07, 6.45) is 7.72. The SMILES string of the molecule is CC(N)=NC(=O)c1cc2cc(C)ccc2nc1N1C=CC(NC2CC2)CC1. The third-order valence-corrected chi connectivity index (χ3v) is 4.94. The number of pyridine rings is 1. The van der Waals surface area contributed by atoms with Gasteiger partial charge < -0.3 is 16.0 Å². The highest BCUT2D eigenvalue weighted by atomic mass is 16.1. The Morgan fingerprint density at radius 2 is 2.11 bits per heavy atom. The number of aryl methyl sites for hydroxylation is 1. The van der Waals surface area contributed by atoms with Crippen LogP contribution in [0.4, 0.5) is 5.82 Å². The van der Waals surface area contributed by atoms with Crippen LogP contribution >= 0.6 is 0 Å². The molecule has 1 aliphatic heterocycles. The number of nitrogens with one attached hydrogen (secondary N) is 1. The van der Waals surface area contributed by atoms with E-state index in [9.17, 15) is 4.79 Å². The average Bonchev–Trinajstić information content (AvgIpc) is 3.44. The van der Waals surface area contributed by atoms with E-state index in [0.29, 0.717) is 23.5 Å². The van der Waals surface area contributed by atoms with Crippen molar-refractivity contribution in [3.8, 4) is 0 Å². The normalized spacial score (nSPS) is 20.3. The van der Waals surface area contributed by atoms with Crippen molar-refractivity contribution in [3.63, 3.8) is 0 Å². The van der Waals surface area contributed by atoms with Crippen LogP contribution in [0.3, 0.4) is 0 Å². The number of nitrogens with two attached hydrogens (primary N) is 1. The van der Waals surface area contributed by atoms with Crippen molar-refractivity contribution in [2.24, 2.45) is 10.7 Å². The minimum Gasteiger partial charge on any atom is -0.387 e. The van der Waals surface area contributed by atoms with Crippen molar-refractivity contribution in [2.75, 3.05) is 11.4 Å². The standard InChI is InChI=1S/C21H25N5O/c1-13-3-6-19-15(11-13)12-18(21(27)23-14(2)22)20(25-19)26-9-7-17(8-10-26)24-16-4-5-16/h3,6-7,9,11-12,16-17,24H,4-5,8,10H2,1-2H3,(H2,22,23,27). The van der Waals surface area contributed by atoms with E-state index in [2.05, 4.69) is 16.4 Å². The largest absolute Gasteiger partial charge is 0.387 e. The molecular formula is C21H25N5O. The van der Waals surface area contributed by atoms with Crippen LogP contribution in [0.2, 0.25) is 0 Å². The maximum Gasteiger partial charge on any atom is 0.282 e. The molecule has 1 fully saturated rings. The number of aromatic nitrogens is 1.